The molecule has 14 heavy (non-hydrogen) atoms. The van der Waals surface area contributed by atoms with Crippen molar-refractivity contribution in [1.82, 2.24) is 20.3 Å². The Labute approximate surface area is 80.9 Å². The molecule has 1 saturated heterocycles. The van der Waals surface area contributed by atoms with Gasteiger partial charge in [-0.05, 0) is 13.0 Å². The molecule has 1 aromatic heterocycles. The van der Waals surface area contributed by atoms with Crippen molar-refractivity contribution in [2.75, 3.05) is 6.54 Å². The van der Waals surface area contributed by atoms with Gasteiger partial charge in [-0.3, -0.25) is 9.48 Å². The van der Waals surface area contributed by atoms with E-state index in [0.29, 0.717) is 0 Å². The Morgan fingerprint density at radius 2 is 2.57 bits per heavy atom. The molecule has 6 nitrogen and oxygen atoms in total. The first-order chi connectivity index (χ1) is 6.68. The maximum atomic E-state index is 10.9. The van der Waals surface area contributed by atoms with Gasteiger partial charge in [0.05, 0.1) is 5.69 Å². The van der Waals surface area contributed by atoms with Gasteiger partial charge in [0, 0.05) is 19.2 Å². The molecule has 0 saturated carbocycles. The van der Waals surface area contributed by atoms with Crippen molar-refractivity contribution in [3.05, 3.63) is 11.9 Å². The number of hydrogen-bond donors (Lipinski definition) is 2. The van der Waals surface area contributed by atoms with Gasteiger partial charge in [-0.25, -0.2) is 0 Å². The zero-order valence-corrected chi connectivity index (χ0v) is 7.84. The molecule has 0 radical (unpaired) electrons. The second kappa shape index (κ2) is 3.38. The van der Waals surface area contributed by atoms with Gasteiger partial charge < -0.3 is 10.4 Å². The van der Waals surface area contributed by atoms with Crippen LogP contribution in [0, 0.1) is 0 Å². The van der Waals surface area contributed by atoms with Gasteiger partial charge in [0.25, 0.3) is 0 Å². The van der Waals surface area contributed by atoms with E-state index < -0.39 is 12.0 Å². The Balaban J connectivity index is 2.21. The number of aryl methyl sites for hydroxylation is 1. The Kier molecular flexibility index (Phi) is 2.20. The van der Waals surface area contributed by atoms with Gasteiger partial charge in [0.15, 0.2) is 0 Å². The lowest BCUT2D eigenvalue weighted by atomic mass is 9.98. The van der Waals surface area contributed by atoms with Crippen LogP contribution < -0.4 is 5.32 Å². The Hall–Kier alpha value is -1.43. The van der Waals surface area contributed by atoms with E-state index in [9.17, 15) is 4.79 Å². The summed E-state index contributed by atoms with van der Waals surface area (Å²) in [7, 11) is 1.77. The van der Waals surface area contributed by atoms with E-state index in [-0.39, 0.29) is 5.92 Å². The molecule has 0 bridgehead atoms. The summed E-state index contributed by atoms with van der Waals surface area (Å²) >= 11 is 0. The van der Waals surface area contributed by atoms with Crippen LogP contribution in [0.4, 0.5) is 0 Å². The highest BCUT2D eigenvalue weighted by molar-refractivity contribution is 5.75. The van der Waals surface area contributed by atoms with Crippen molar-refractivity contribution < 1.29 is 9.90 Å². The van der Waals surface area contributed by atoms with Crippen molar-refractivity contribution in [3.63, 3.8) is 0 Å². The molecule has 6 heteroatoms. The van der Waals surface area contributed by atoms with Crippen molar-refractivity contribution in [1.29, 1.82) is 0 Å². The second-order valence-corrected chi connectivity index (χ2v) is 3.48. The third-order valence-corrected chi connectivity index (χ3v) is 2.49. The number of hydrogen-bond acceptors (Lipinski definition) is 4. The monoisotopic (exact) mass is 196 g/mol. The minimum absolute atomic E-state index is 0.0544. The summed E-state index contributed by atoms with van der Waals surface area (Å²) < 4.78 is 1.59. The standard InChI is InChI=1S/C8H12N4O2/c1-12-4-6(10-11-12)5-2-3-9-7(5)8(13)14/h4-5,7,9H,2-3H2,1H3,(H,13,14). The fourth-order valence-electron chi connectivity index (χ4n) is 1.82. The topological polar surface area (TPSA) is 80.0 Å². The van der Waals surface area contributed by atoms with Crippen LogP contribution in [0.3, 0.4) is 0 Å². The van der Waals surface area contributed by atoms with Crippen molar-refractivity contribution in [2.45, 2.75) is 18.4 Å². The van der Waals surface area contributed by atoms with E-state index in [2.05, 4.69) is 15.6 Å². The predicted molar refractivity (Wildman–Crippen MR) is 47.8 cm³/mol. The van der Waals surface area contributed by atoms with Crippen molar-refractivity contribution >= 4 is 5.97 Å². The maximum Gasteiger partial charge on any atom is 0.321 e. The number of nitrogens with one attached hydrogen (secondary N) is 1. The number of nitrogens with zero attached hydrogens (tertiary/aromatic N) is 3. The molecule has 1 fully saturated rings. The molecule has 2 N–H and O–H groups in total. The second-order valence-electron chi connectivity index (χ2n) is 3.48. The summed E-state index contributed by atoms with van der Waals surface area (Å²) in [6.45, 7) is 0.720. The highest BCUT2D eigenvalue weighted by Gasteiger charge is 2.35. The molecule has 2 atom stereocenters. The van der Waals surface area contributed by atoms with Crippen molar-refractivity contribution in [3.8, 4) is 0 Å². The van der Waals surface area contributed by atoms with Crippen LogP contribution in [-0.4, -0.2) is 38.7 Å². The van der Waals surface area contributed by atoms with E-state index in [0.717, 1.165) is 18.7 Å². The molecule has 0 amide bonds. The zero-order chi connectivity index (χ0) is 10.1. The van der Waals surface area contributed by atoms with Gasteiger partial charge in [-0.15, -0.1) is 5.10 Å². The molecule has 1 aliphatic rings. The molecule has 1 aromatic rings. The summed E-state index contributed by atoms with van der Waals surface area (Å²) in [5.74, 6) is -0.876. The Morgan fingerprint density at radius 3 is 3.14 bits per heavy atom. The average molecular weight is 196 g/mol. The first-order valence-electron chi connectivity index (χ1n) is 4.51. The highest BCUT2D eigenvalue weighted by Crippen LogP contribution is 2.25. The summed E-state index contributed by atoms with van der Waals surface area (Å²) in [4.78, 5) is 10.9. The smallest absolute Gasteiger partial charge is 0.321 e. The van der Waals surface area contributed by atoms with Gasteiger partial charge in [0.1, 0.15) is 6.04 Å². The van der Waals surface area contributed by atoms with Crippen molar-refractivity contribution in [2.24, 2.45) is 7.05 Å². The molecule has 0 spiro atoms. The fraction of sp³-hybridized carbons (Fsp3) is 0.625. The van der Waals surface area contributed by atoms with Crippen LogP contribution >= 0.6 is 0 Å². The number of aromatic nitrogens is 3. The van der Waals surface area contributed by atoms with Gasteiger partial charge >= 0.3 is 5.97 Å². The Bertz CT molecular complexity index is 349. The SMILES string of the molecule is Cn1cc(C2CCNC2C(=O)O)nn1. The van der Waals surface area contributed by atoms with Gasteiger partial charge in [-0.1, -0.05) is 5.21 Å². The predicted octanol–water partition coefficient (Wildman–Crippen LogP) is -0.655. The number of carboxylic acids is 1. The summed E-state index contributed by atoms with van der Waals surface area (Å²) in [6.07, 6.45) is 2.57. The molecule has 0 aromatic carbocycles. The lowest BCUT2D eigenvalue weighted by Gasteiger charge is -2.11. The molecule has 0 aliphatic carbocycles. The number of aliphatic carboxylic acids is 1. The molecular weight excluding hydrogens is 184 g/mol. The molecule has 2 heterocycles. The van der Waals surface area contributed by atoms with Crippen LogP contribution in [0.1, 0.15) is 18.0 Å². The lowest BCUT2D eigenvalue weighted by molar-refractivity contribution is -0.139. The minimum Gasteiger partial charge on any atom is -0.480 e. The summed E-state index contributed by atoms with van der Waals surface area (Å²) in [5.41, 5.74) is 0.755. The Morgan fingerprint density at radius 1 is 1.79 bits per heavy atom. The number of rotatable bonds is 2. The van der Waals surface area contributed by atoms with E-state index in [1.807, 2.05) is 0 Å². The largest absolute Gasteiger partial charge is 0.480 e. The lowest BCUT2D eigenvalue weighted by Crippen LogP contribution is -2.34. The molecule has 2 unspecified atom stereocenters. The van der Waals surface area contributed by atoms with Crippen LogP contribution in [-0.2, 0) is 11.8 Å². The molecule has 2 rings (SSSR count). The van der Waals surface area contributed by atoms with E-state index >= 15 is 0 Å². The van der Waals surface area contributed by atoms with Crippen LogP contribution in [0.25, 0.3) is 0 Å². The third-order valence-electron chi connectivity index (χ3n) is 2.49. The van der Waals surface area contributed by atoms with E-state index in [1.165, 1.54) is 0 Å². The van der Waals surface area contributed by atoms with Crippen LogP contribution in [0.15, 0.2) is 6.20 Å². The minimum atomic E-state index is -0.821. The summed E-state index contributed by atoms with van der Waals surface area (Å²) in [5, 5.41) is 19.6. The van der Waals surface area contributed by atoms with Gasteiger partial charge in [0.2, 0.25) is 0 Å². The van der Waals surface area contributed by atoms with Crippen LogP contribution in [0.2, 0.25) is 0 Å². The van der Waals surface area contributed by atoms with Crippen LogP contribution in [0.5, 0.6) is 0 Å². The quantitative estimate of drug-likeness (QED) is 0.656. The number of carboxylic acid groups (broad SMARTS) is 1. The first kappa shape index (κ1) is 9.14. The molecular formula is C8H12N4O2. The average Bonchev–Trinajstić information content (AvgIpc) is 2.70. The molecule has 76 valence electrons. The highest BCUT2D eigenvalue weighted by atomic mass is 16.4. The van der Waals surface area contributed by atoms with E-state index in [4.69, 9.17) is 5.11 Å². The fourth-order valence-corrected chi connectivity index (χ4v) is 1.82. The normalized spacial score (nSPS) is 26.6. The number of carbonyl (C=O) groups is 1. The first-order valence-corrected chi connectivity index (χ1v) is 4.51. The summed E-state index contributed by atoms with van der Waals surface area (Å²) in [6, 6.07) is -0.522. The van der Waals surface area contributed by atoms with Gasteiger partial charge in [-0.2, -0.15) is 0 Å². The van der Waals surface area contributed by atoms with E-state index in [1.54, 1.807) is 17.9 Å². The maximum absolute atomic E-state index is 10.9. The molecule has 1 aliphatic heterocycles. The zero-order valence-electron chi connectivity index (χ0n) is 7.84. The third kappa shape index (κ3) is 1.48.